The molecule has 1 unspecified atom stereocenters. The normalized spacial score (nSPS) is 16.2. The van der Waals surface area contributed by atoms with E-state index in [9.17, 15) is 4.57 Å². The van der Waals surface area contributed by atoms with Gasteiger partial charge in [0.1, 0.15) is 0 Å². The summed E-state index contributed by atoms with van der Waals surface area (Å²) in [4.78, 5) is 8.55. The van der Waals surface area contributed by atoms with Gasteiger partial charge in [0.05, 0.1) is 12.9 Å². The zero-order chi connectivity index (χ0) is 7.33. The largest absolute Gasteiger partial charge is 0.526 e. The van der Waals surface area contributed by atoms with E-state index in [0.29, 0.717) is 0 Å². The first-order valence-electron chi connectivity index (χ1n) is 2.39. The summed E-state index contributed by atoms with van der Waals surface area (Å²) in [5.41, 5.74) is 0. The highest BCUT2D eigenvalue weighted by Gasteiger charge is 2.17. The molecular weight excluding hydrogens is 143 g/mol. The van der Waals surface area contributed by atoms with Crippen LogP contribution < -0.4 is 0 Å². The summed E-state index contributed by atoms with van der Waals surface area (Å²) in [6.07, 6.45) is 0.871. The van der Waals surface area contributed by atoms with Crippen LogP contribution in [0.4, 0.5) is 0 Å². The van der Waals surface area contributed by atoms with Gasteiger partial charge in [-0.05, 0) is 6.92 Å². The Balaban J connectivity index is 3.71. The third-order valence-electron chi connectivity index (χ3n) is 0.500. The van der Waals surface area contributed by atoms with Gasteiger partial charge in [0.15, 0.2) is 0 Å². The van der Waals surface area contributed by atoms with Gasteiger partial charge in [-0.2, -0.15) is 0 Å². The molecule has 1 N–H and O–H groups in total. The molecule has 9 heavy (non-hydrogen) atoms. The molecule has 0 amide bonds. The Morgan fingerprint density at radius 1 is 1.89 bits per heavy atom. The summed E-state index contributed by atoms with van der Waals surface area (Å²) in [7, 11) is -3.81. The van der Waals surface area contributed by atoms with Gasteiger partial charge in [-0.15, -0.1) is 0 Å². The maximum atomic E-state index is 10.5. The van der Waals surface area contributed by atoms with Crippen LogP contribution in [0.1, 0.15) is 6.92 Å². The summed E-state index contributed by atoms with van der Waals surface area (Å²) in [6.45, 7) is 4.83. The van der Waals surface area contributed by atoms with E-state index in [4.69, 9.17) is 4.89 Å². The van der Waals surface area contributed by atoms with Crippen LogP contribution in [0, 0.1) is 0 Å². The van der Waals surface area contributed by atoms with Crippen molar-refractivity contribution < 1.29 is 18.5 Å². The second kappa shape index (κ2) is 3.67. The second-order valence-corrected chi connectivity index (χ2v) is 2.56. The Morgan fingerprint density at radius 2 is 2.44 bits per heavy atom. The highest BCUT2D eigenvalue weighted by molar-refractivity contribution is 7.47. The van der Waals surface area contributed by atoms with Crippen LogP contribution in [-0.2, 0) is 13.6 Å². The number of hydrogen-bond donors (Lipinski definition) is 1. The first-order valence-corrected chi connectivity index (χ1v) is 3.88. The summed E-state index contributed by atoms with van der Waals surface area (Å²) < 4.78 is 18.9. The van der Waals surface area contributed by atoms with Crippen molar-refractivity contribution in [1.82, 2.24) is 0 Å². The molecule has 4 nitrogen and oxygen atoms in total. The summed E-state index contributed by atoms with van der Waals surface area (Å²) in [6, 6.07) is 0. The number of phosphoric acid groups is 1. The van der Waals surface area contributed by atoms with E-state index >= 15 is 0 Å². The maximum absolute atomic E-state index is 10.5. The van der Waals surface area contributed by atoms with E-state index in [1.807, 2.05) is 0 Å². The second-order valence-electron chi connectivity index (χ2n) is 1.16. The van der Waals surface area contributed by atoms with Crippen molar-refractivity contribution in [2.24, 2.45) is 0 Å². The van der Waals surface area contributed by atoms with E-state index in [0.717, 1.165) is 6.26 Å². The van der Waals surface area contributed by atoms with Crippen LogP contribution in [0.25, 0.3) is 0 Å². The molecule has 0 aliphatic rings. The Morgan fingerprint density at radius 3 is 2.78 bits per heavy atom. The van der Waals surface area contributed by atoms with Gasteiger partial charge in [-0.1, -0.05) is 6.58 Å². The Bertz CT molecular complexity index is 133. The van der Waals surface area contributed by atoms with Crippen molar-refractivity contribution in [3.05, 3.63) is 12.8 Å². The molecule has 0 aromatic carbocycles. The van der Waals surface area contributed by atoms with E-state index < -0.39 is 7.82 Å². The number of phosphoric ester groups is 1. The predicted molar refractivity (Wildman–Crippen MR) is 32.7 cm³/mol. The molecule has 5 heteroatoms. The Kier molecular flexibility index (Phi) is 3.54. The van der Waals surface area contributed by atoms with Gasteiger partial charge in [0.2, 0.25) is 0 Å². The van der Waals surface area contributed by atoms with Gasteiger partial charge in [-0.25, -0.2) is 4.57 Å². The minimum Gasteiger partial charge on any atom is -0.413 e. The van der Waals surface area contributed by atoms with Crippen LogP contribution in [0.2, 0.25) is 0 Å². The molecule has 1 atom stereocenters. The van der Waals surface area contributed by atoms with Crippen molar-refractivity contribution in [2.45, 2.75) is 6.92 Å². The molecule has 0 radical (unpaired) electrons. The van der Waals surface area contributed by atoms with E-state index in [1.165, 1.54) is 0 Å². The molecular formula is C4H9O4P. The van der Waals surface area contributed by atoms with Gasteiger partial charge >= 0.3 is 7.82 Å². The van der Waals surface area contributed by atoms with E-state index in [1.54, 1.807) is 6.92 Å². The molecule has 0 heterocycles. The standard InChI is InChI=1S/C4H9O4P/c1-3-7-9(5,6)8-4-2/h3H,1,4H2,2H3,(H,5,6). The quantitative estimate of drug-likeness (QED) is 0.487. The molecule has 0 aromatic heterocycles. The SMILES string of the molecule is C=COP(=O)(O)OCC. The molecule has 0 rings (SSSR count). The van der Waals surface area contributed by atoms with Crippen LogP contribution in [0.3, 0.4) is 0 Å². The van der Waals surface area contributed by atoms with Gasteiger partial charge in [0, 0.05) is 0 Å². The highest BCUT2D eigenvalue weighted by atomic mass is 31.2. The molecule has 0 bridgehead atoms. The Hall–Kier alpha value is -0.310. The van der Waals surface area contributed by atoms with Crippen LogP contribution >= 0.6 is 7.82 Å². The number of hydrogen-bond acceptors (Lipinski definition) is 3. The van der Waals surface area contributed by atoms with Crippen molar-refractivity contribution in [3.63, 3.8) is 0 Å². The fourth-order valence-corrected chi connectivity index (χ4v) is 0.863. The van der Waals surface area contributed by atoms with Crippen molar-refractivity contribution in [2.75, 3.05) is 6.61 Å². The lowest BCUT2D eigenvalue weighted by Crippen LogP contribution is -1.88. The van der Waals surface area contributed by atoms with E-state index in [-0.39, 0.29) is 6.61 Å². The first-order chi connectivity index (χ1) is 4.12. The minimum atomic E-state index is -3.81. The van der Waals surface area contributed by atoms with Crippen molar-refractivity contribution >= 4 is 7.82 Å². The Labute approximate surface area is 53.7 Å². The topological polar surface area (TPSA) is 55.8 Å². The zero-order valence-corrected chi connectivity index (χ0v) is 6.01. The molecule has 0 saturated heterocycles. The lowest BCUT2D eigenvalue weighted by Gasteiger charge is -2.06. The average Bonchev–Trinajstić information content (AvgIpc) is 1.64. The molecule has 0 aliphatic carbocycles. The van der Waals surface area contributed by atoms with Crippen molar-refractivity contribution in [1.29, 1.82) is 0 Å². The lowest BCUT2D eigenvalue weighted by molar-refractivity contribution is 0.196. The van der Waals surface area contributed by atoms with Crippen molar-refractivity contribution in [3.8, 4) is 0 Å². The van der Waals surface area contributed by atoms with Crippen LogP contribution in [-0.4, -0.2) is 11.5 Å². The smallest absolute Gasteiger partial charge is 0.413 e. The summed E-state index contributed by atoms with van der Waals surface area (Å²) in [5.74, 6) is 0. The van der Waals surface area contributed by atoms with Crippen LogP contribution in [0.5, 0.6) is 0 Å². The molecule has 0 fully saturated rings. The lowest BCUT2D eigenvalue weighted by atomic mass is 10.9. The van der Waals surface area contributed by atoms with Gasteiger partial charge in [0.25, 0.3) is 0 Å². The van der Waals surface area contributed by atoms with Gasteiger partial charge < -0.3 is 4.52 Å². The highest BCUT2D eigenvalue weighted by Crippen LogP contribution is 2.42. The average molecular weight is 152 g/mol. The maximum Gasteiger partial charge on any atom is 0.526 e. The molecule has 54 valence electrons. The molecule has 0 aliphatic heterocycles. The zero-order valence-electron chi connectivity index (χ0n) is 5.11. The first kappa shape index (κ1) is 8.69. The third kappa shape index (κ3) is 4.21. The fraction of sp³-hybridized carbons (Fsp3) is 0.500. The monoisotopic (exact) mass is 152 g/mol. The fourth-order valence-electron chi connectivity index (χ4n) is 0.288. The number of rotatable bonds is 4. The van der Waals surface area contributed by atoms with E-state index in [2.05, 4.69) is 15.6 Å². The molecule has 0 aromatic rings. The molecule has 0 saturated carbocycles. The van der Waals surface area contributed by atoms with Crippen LogP contribution in [0.15, 0.2) is 12.8 Å². The van der Waals surface area contributed by atoms with Gasteiger partial charge in [-0.3, -0.25) is 9.42 Å². The minimum absolute atomic E-state index is 0.140. The summed E-state index contributed by atoms with van der Waals surface area (Å²) in [5, 5.41) is 0. The third-order valence-corrected chi connectivity index (χ3v) is 1.50. The molecule has 0 spiro atoms. The predicted octanol–water partition coefficient (Wildman–Crippen LogP) is 1.28. The summed E-state index contributed by atoms with van der Waals surface area (Å²) >= 11 is 0.